The Kier molecular flexibility index (Phi) is 6.09. The molecule has 4 heteroatoms. The largest absolute Gasteiger partial charge is 0.493 e. The molecule has 0 N–H and O–H groups in total. The van der Waals surface area contributed by atoms with E-state index in [2.05, 4.69) is 23.6 Å². The minimum atomic E-state index is 0.605. The molecule has 20 heavy (non-hydrogen) atoms. The summed E-state index contributed by atoms with van der Waals surface area (Å²) in [5.41, 5.74) is 0.620. The normalized spacial score (nSPS) is 10.2. The zero-order valence-corrected chi connectivity index (χ0v) is 12.1. The summed E-state index contributed by atoms with van der Waals surface area (Å²) < 4.78 is 11.1. The van der Waals surface area contributed by atoms with E-state index in [0.717, 1.165) is 25.2 Å². The van der Waals surface area contributed by atoms with Crippen LogP contribution in [0.2, 0.25) is 0 Å². The van der Waals surface area contributed by atoms with Crippen molar-refractivity contribution < 1.29 is 9.47 Å². The fourth-order valence-electron chi connectivity index (χ4n) is 1.74. The van der Waals surface area contributed by atoms with Crippen LogP contribution in [0.25, 0.3) is 0 Å². The third-order valence-corrected chi connectivity index (χ3v) is 3.67. The first-order chi connectivity index (χ1) is 9.88. The Bertz CT molecular complexity index is 546. The Balaban J connectivity index is 1.54. The fraction of sp³-hybridized carbons (Fsp3) is 0.312. The highest BCUT2D eigenvalue weighted by Crippen LogP contribution is 2.12. The summed E-state index contributed by atoms with van der Waals surface area (Å²) in [4.78, 5) is 1.36. The van der Waals surface area contributed by atoms with E-state index in [1.54, 1.807) is 23.5 Å². The van der Waals surface area contributed by atoms with Gasteiger partial charge in [-0.25, -0.2) is 0 Å². The van der Waals surface area contributed by atoms with E-state index < -0.39 is 0 Å². The third-order valence-electron chi connectivity index (χ3n) is 2.74. The van der Waals surface area contributed by atoms with Gasteiger partial charge >= 0.3 is 0 Å². The Morgan fingerprint density at radius 2 is 2.05 bits per heavy atom. The first kappa shape index (κ1) is 14.6. The maximum atomic E-state index is 8.78. The number of benzene rings is 1. The highest BCUT2D eigenvalue weighted by Gasteiger charge is 1.97. The first-order valence-corrected chi connectivity index (χ1v) is 7.49. The molecule has 0 fully saturated rings. The molecule has 0 aliphatic rings. The van der Waals surface area contributed by atoms with Gasteiger partial charge in [0.05, 0.1) is 24.8 Å². The van der Waals surface area contributed by atoms with Gasteiger partial charge in [-0.3, -0.25) is 0 Å². The average molecular weight is 287 g/mol. The molecule has 1 aromatic heterocycles. The van der Waals surface area contributed by atoms with Gasteiger partial charge in [-0.2, -0.15) is 5.26 Å². The number of nitriles is 1. The molecule has 0 aliphatic heterocycles. The lowest BCUT2D eigenvalue weighted by Crippen LogP contribution is -2.05. The predicted molar refractivity (Wildman–Crippen MR) is 80.1 cm³/mol. The van der Waals surface area contributed by atoms with Gasteiger partial charge in [-0.1, -0.05) is 12.1 Å². The van der Waals surface area contributed by atoms with E-state index in [4.69, 9.17) is 14.7 Å². The molecular formula is C16H17NO2S. The highest BCUT2D eigenvalue weighted by atomic mass is 32.1. The number of thiophene rings is 1. The molecule has 0 radical (unpaired) electrons. The van der Waals surface area contributed by atoms with Crippen LogP contribution in [-0.2, 0) is 11.2 Å². The molecule has 0 unspecified atom stereocenters. The van der Waals surface area contributed by atoms with Gasteiger partial charge in [0.25, 0.3) is 0 Å². The van der Waals surface area contributed by atoms with Gasteiger partial charge in [0.15, 0.2) is 0 Å². The van der Waals surface area contributed by atoms with Gasteiger partial charge < -0.3 is 9.47 Å². The summed E-state index contributed by atoms with van der Waals surface area (Å²) in [6, 6.07) is 13.5. The van der Waals surface area contributed by atoms with Crippen LogP contribution in [0.3, 0.4) is 0 Å². The fourth-order valence-corrected chi connectivity index (χ4v) is 2.43. The highest BCUT2D eigenvalue weighted by molar-refractivity contribution is 7.09. The Morgan fingerprint density at radius 3 is 2.85 bits per heavy atom. The molecule has 3 nitrogen and oxygen atoms in total. The maximum absolute atomic E-state index is 8.78. The standard InChI is InChI=1S/C16H17NO2S/c17-13-14-4-1-5-15(12-14)19-9-3-8-18-10-7-16-6-2-11-20-16/h1-2,4-6,11-12H,3,7-10H2. The second-order valence-corrected chi connectivity index (χ2v) is 5.32. The van der Waals surface area contributed by atoms with Crippen LogP contribution in [0.5, 0.6) is 5.75 Å². The smallest absolute Gasteiger partial charge is 0.120 e. The zero-order valence-electron chi connectivity index (χ0n) is 11.2. The minimum absolute atomic E-state index is 0.605. The number of nitrogens with zero attached hydrogens (tertiary/aromatic N) is 1. The summed E-state index contributed by atoms with van der Waals surface area (Å²) in [5, 5.41) is 10.9. The number of hydrogen-bond donors (Lipinski definition) is 0. The van der Waals surface area contributed by atoms with Crippen LogP contribution < -0.4 is 4.74 Å². The zero-order chi connectivity index (χ0) is 14.0. The van der Waals surface area contributed by atoms with Crippen LogP contribution in [0.1, 0.15) is 16.9 Å². The molecular weight excluding hydrogens is 270 g/mol. The molecule has 0 amide bonds. The summed E-state index contributed by atoms with van der Waals surface area (Å²) in [6.45, 7) is 2.06. The SMILES string of the molecule is N#Cc1cccc(OCCCOCCc2cccs2)c1. The van der Waals surface area contributed by atoms with Crippen molar-refractivity contribution >= 4 is 11.3 Å². The van der Waals surface area contributed by atoms with Crippen LogP contribution in [0, 0.1) is 11.3 Å². The van der Waals surface area contributed by atoms with Crippen molar-refractivity contribution in [2.75, 3.05) is 19.8 Å². The molecule has 0 bridgehead atoms. The molecule has 2 aromatic rings. The maximum Gasteiger partial charge on any atom is 0.120 e. The molecule has 0 saturated carbocycles. The Labute approximate surface area is 123 Å². The first-order valence-electron chi connectivity index (χ1n) is 6.61. The van der Waals surface area contributed by atoms with Crippen molar-refractivity contribution in [1.82, 2.24) is 0 Å². The number of hydrogen-bond acceptors (Lipinski definition) is 4. The van der Waals surface area contributed by atoms with E-state index in [1.807, 2.05) is 12.1 Å². The van der Waals surface area contributed by atoms with Crippen molar-refractivity contribution in [2.45, 2.75) is 12.8 Å². The van der Waals surface area contributed by atoms with E-state index >= 15 is 0 Å². The van der Waals surface area contributed by atoms with E-state index in [1.165, 1.54) is 4.88 Å². The topological polar surface area (TPSA) is 42.2 Å². The van der Waals surface area contributed by atoms with Gasteiger partial charge in [-0.05, 0) is 29.6 Å². The number of ether oxygens (including phenoxy) is 2. The van der Waals surface area contributed by atoms with E-state index in [0.29, 0.717) is 18.8 Å². The molecule has 1 heterocycles. The van der Waals surface area contributed by atoms with Crippen molar-refractivity contribution in [3.8, 4) is 11.8 Å². The van der Waals surface area contributed by atoms with Crippen LogP contribution in [0.4, 0.5) is 0 Å². The Hall–Kier alpha value is -1.83. The predicted octanol–water partition coefficient (Wildman–Crippen LogP) is 3.65. The second-order valence-electron chi connectivity index (χ2n) is 4.28. The van der Waals surface area contributed by atoms with Crippen molar-refractivity contribution in [3.63, 3.8) is 0 Å². The van der Waals surface area contributed by atoms with E-state index in [9.17, 15) is 0 Å². The third kappa shape index (κ3) is 5.04. The van der Waals surface area contributed by atoms with Crippen LogP contribution in [0.15, 0.2) is 41.8 Å². The summed E-state index contributed by atoms with van der Waals surface area (Å²) in [6.07, 6.45) is 1.82. The van der Waals surface area contributed by atoms with Crippen LogP contribution >= 0.6 is 11.3 Å². The summed E-state index contributed by atoms with van der Waals surface area (Å²) >= 11 is 1.76. The van der Waals surface area contributed by atoms with Crippen molar-refractivity contribution in [2.24, 2.45) is 0 Å². The average Bonchev–Trinajstić information content (AvgIpc) is 3.00. The van der Waals surface area contributed by atoms with Gasteiger partial charge in [-0.15, -0.1) is 11.3 Å². The lowest BCUT2D eigenvalue weighted by molar-refractivity contribution is 0.122. The molecule has 0 saturated heterocycles. The van der Waals surface area contributed by atoms with Gasteiger partial charge in [0.2, 0.25) is 0 Å². The molecule has 0 spiro atoms. The molecule has 104 valence electrons. The minimum Gasteiger partial charge on any atom is -0.493 e. The van der Waals surface area contributed by atoms with Gasteiger partial charge in [0.1, 0.15) is 5.75 Å². The van der Waals surface area contributed by atoms with Crippen molar-refractivity contribution in [1.29, 1.82) is 5.26 Å². The Morgan fingerprint density at radius 1 is 1.10 bits per heavy atom. The van der Waals surface area contributed by atoms with Crippen LogP contribution in [-0.4, -0.2) is 19.8 Å². The molecule has 0 aliphatic carbocycles. The monoisotopic (exact) mass is 287 g/mol. The van der Waals surface area contributed by atoms with Crippen molar-refractivity contribution in [3.05, 3.63) is 52.2 Å². The van der Waals surface area contributed by atoms with Gasteiger partial charge in [0, 0.05) is 24.3 Å². The number of rotatable bonds is 8. The molecule has 0 atom stereocenters. The summed E-state index contributed by atoms with van der Waals surface area (Å²) in [5.74, 6) is 0.739. The summed E-state index contributed by atoms with van der Waals surface area (Å²) in [7, 11) is 0. The molecule has 2 rings (SSSR count). The quantitative estimate of drug-likeness (QED) is 0.696. The lowest BCUT2D eigenvalue weighted by Gasteiger charge is -2.06. The second kappa shape index (κ2) is 8.36. The van der Waals surface area contributed by atoms with E-state index in [-0.39, 0.29) is 0 Å². The lowest BCUT2D eigenvalue weighted by atomic mass is 10.2. The molecule has 1 aromatic carbocycles.